The maximum atomic E-state index is 8.95. The van der Waals surface area contributed by atoms with Gasteiger partial charge in [0.25, 0.3) is 0 Å². The molecule has 0 spiro atoms. The second-order valence-corrected chi connectivity index (χ2v) is 4.90. The maximum absolute atomic E-state index is 8.95. The standard InChI is InChI=1S/C15H12Cl2N2O/c1-20-14-6-5-10(8-18)7-11(14)9-19-15-12(16)3-2-4-13(15)17/h2-7,19H,9H2,1H3. The normalized spacial score (nSPS) is 9.90. The zero-order chi connectivity index (χ0) is 14.5. The molecule has 0 saturated heterocycles. The smallest absolute Gasteiger partial charge is 0.123 e. The Morgan fingerprint density at radius 1 is 1.20 bits per heavy atom. The van der Waals surface area contributed by atoms with Gasteiger partial charge in [0, 0.05) is 12.1 Å². The molecule has 102 valence electrons. The summed E-state index contributed by atoms with van der Waals surface area (Å²) < 4.78 is 5.28. The molecule has 0 bridgehead atoms. The number of nitrogens with zero attached hydrogens (tertiary/aromatic N) is 1. The first kappa shape index (κ1) is 14.5. The Kier molecular flexibility index (Phi) is 4.73. The Morgan fingerprint density at radius 3 is 2.50 bits per heavy atom. The van der Waals surface area contributed by atoms with E-state index in [2.05, 4.69) is 11.4 Å². The number of hydrogen-bond donors (Lipinski definition) is 1. The molecule has 1 N–H and O–H groups in total. The zero-order valence-corrected chi connectivity index (χ0v) is 12.3. The molecule has 0 heterocycles. The third-order valence-electron chi connectivity index (χ3n) is 2.83. The van der Waals surface area contributed by atoms with Crippen LogP contribution >= 0.6 is 23.2 Å². The van der Waals surface area contributed by atoms with Gasteiger partial charge in [-0.2, -0.15) is 5.26 Å². The molecular formula is C15H12Cl2N2O. The van der Waals surface area contributed by atoms with E-state index < -0.39 is 0 Å². The molecular weight excluding hydrogens is 295 g/mol. The van der Waals surface area contributed by atoms with Crippen LogP contribution in [0.4, 0.5) is 5.69 Å². The SMILES string of the molecule is COc1ccc(C#N)cc1CNc1c(Cl)cccc1Cl. The van der Waals surface area contributed by atoms with Crippen LogP contribution in [-0.2, 0) is 6.54 Å². The van der Waals surface area contributed by atoms with Crippen molar-refractivity contribution in [1.82, 2.24) is 0 Å². The summed E-state index contributed by atoms with van der Waals surface area (Å²) in [5, 5.41) is 13.2. The van der Waals surface area contributed by atoms with E-state index in [1.165, 1.54) is 0 Å². The fraction of sp³-hybridized carbons (Fsp3) is 0.133. The molecule has 2 aromatic rings. The van der Waals surface area contributed by atoms with Crippen molar-refractivity contribution in [1.29, 1.82) is 5.26 Å². The number of hydrogen-bond acceptors (Lipinski definition) is 3. The van der Waals surface area contributed by atoms with Gasteiger partial charge in [-0.1, -0.05) is 29.3 Å². The van der Waals surface area contributed by atoms with Gasteiger partial charge in [-0.3, -0.25) is 0 Å². The van der Waals surface area contributed by atoms with Crippen molar-refractivity contribution in [3.63, 3.8) is 0 Å². The molecule has 20 heavy (non-hydrogen) atoms. The Bertz CT molecular complexity index is 645. The van der Waals surface area contributed by atoms with Crippen LogP contribution in [0.2, 0.25) is 10.0 Å². The van der Waals surface area contributed by atoms with Crippen LogP contribution < -0.4 is 10.1 Å². The maximum Gasteiger partial charge on any atom is 0.123 e. The van der Waals surface area contributed by atoms with Crippen LogP contribution in [0, 0.1) is 11.3 Å². The van der Waals surface area contributed by atoms with Crippen molar-refractivity contribution in [3.05, 3.63) is 57.6 Å². The zero-order valence-electron chi connectivity index (χ0n) is 10.8. The molecule has 0 aromatic heterocycles. The van der Waals surface area contributed by atoms with Gasteiger partial charge in [0.05, 0.1) is 34.5 Å². The van der Waals surface area contributed by atoms with E-state index in [9.17, 15) is 0 Å². The van der Waals surface area contributed by atoms with Crippen LogP contribution in [0.3, 0.4) is 0 Å². The van der Waals surface area contributed by atoms with Gasteiger partial charge in [-0.15, -0.1) is 0 Å². The van der Waals surface area contributed by atoms with Gasteiger partial charge in [0.1, 0.15) is 5.75 Å². The molecule has 0 radical (unpaired) electrons. The third-order valence-corrected chi connectivity index (χ3v) is 3.46. The number of anilines is 1. The molecule has 0 aliphatic heterocycles. The van der Waals surface area contributed by atoms with Crippen molar-refractivity contribution in [2.45, 2.75) is 6.54 Å². The predicted molar refractivity (Wildman–Crippen MR) is 81.5 cm³/mol. The highest BCUT2D eigenvalue weighted by molar-refractivity contribution is 6.39. The topological polar surface area (TPSA) is 45.0 Å². The average molecular weight is 307 g/mol. The molecule has 0 aliphatic rings. The number of ether oxygens (including phenoxy) is 1. The van der Waals surface area contributed by atoms with Crippen LogP contribution in [0.15, 0.2) is 36.4 Å². The lowest BCUT2D eigenvalue weighted by Gasteiger charge is -2.13. The van der Waals surface area contributed by atoms with Gasteiger partial charge < -0.3 is 10.1 Å². The number of rotatable bonds is 4. The Morgan fingerprint density at radius 2 is 1.90 bits per heavy atom. The molecule has 5 heteroatoms. The highest BCUT2D eigenvalue weighted by Gasteiger charge is 2.08. The van der Waals surface area contributed by atoms with Crippen LogP contribution in [0.25, 0.3) is 0 Å². The van der Waals surface area contributed by atoms with E-state index in [0.29, 0.717) is 33.6 Å². The number of benzene rings is 2. The van der Waals surface area contributed by atoms with E-state index in [1.54, 1.807) is 43.5 Å². The Hall–Kier alpha value is -1.89. The summed E-state index contributed by atoms with van der Waals surface area (Å²) in [6.07, 6.45) is 0. The molecule has 3 nitrogen and oxygen atoms in total. The van der Waals surface area contributed by atoms with Gasteiger partial charge in [0.15, 0.2) is 0 Å². The minimum absolute atomic E-state index is 0.460. The van der Waals surface area contributed by atoms with Gasteiger partial charge in [-0.05, 0) is 30.3 Å². The average Bonchev–Trinajstić information content (AvgIpc) is 2.46. The number of para-hydroxylation sites is 1. The van der Waals surface area contributed by atoms with Crippen molar-refractivity contribution < 1.29 is 4.74 Å². The lowest BCUT2D eigenvalue weighted by atomic mass is 10.1. The second-order valence-electron chi connectivity index (χ2n) is 4.09. The van der Waals surface area contributed by atoms with Crippen LogP contribution in [0.5, 0.6) is 5.75 Å². The number of nitrogens with one attached hydrogen (secondary N) is 1. The summed E-state index contributed by atoms with van der Waals surface area (Å²) >= 11 is 12.2. The first-order valence-corrected chi connectivity index (χ1v) is 6.66. The first-order valence-electron chi connectivity index (χ1n) is 5.90. The van der Waals surface area contributed by atoms with Crippen molar-refractivity contribution in [3.8, 4) is 11.8 Å². The van der Waals surface area contributed by atoms with E-state index in [-0.39, 0.29) is 0 Å². The molecule has 0 saturated carbocycles. The predicted octanol–water partition coefficient (Wildman–Crippen LogP) is 4.49. The summed E-state index contributed by atoms with van der Waals surface area (Å²) in [5.41, 5.74) is 2.11. The van der Waals surface area contributed by atoms with Crippen molar-refractivity contribution in [2.24, 2.45) is 0 Å². The summed E-state index contributed by atoms with van der Waals surface area (Å²) in [5.74, 6) is 0.708. The number of methoxy groups -OCH3 is 1. The summed E-state index contributed by atoms with van der Waals surface area (Å²) in [4.78, 5) is 0. The first-order chi connectivity index (χ1) is 9.65. The number of nitriles is 1. The highest BCUT2D eigenvalue weighted by atomic mass is 35.5. The fourth-order valence-corrected chi connectivity index (χ4v) is 2.37. The quantitative estimate of drug-likeness (QED) is 0.905. The number of halogens is 2. The minimum Gasteiger partial charge on any atom is -0.496 e. The second kappa shape index (κ2) is 6.51. The molecule has 0 atom stereocenters. The third kappa shape index (κ3) is 3.16. The molecule has 0 aliphatic carbocycles. The Balaban J connectivity index is 2.25. The van der Waals surface area contributed by atoms with Gasteiger partial charge >= 0.3 is 0 Å². The van der Waals surface area contributed by atoms with Gasteiger partial charge in [-0.25, -0.2) is 0 Å². The van der Waals surface area contributed by atoms with Crippen molar-refractivity contribution in [2.75, 3.05) is 12.4 Å². The van der Waals surface area contributed by atoms with E-state index in [4.69, 9.17) is 33.2 Å². The highest BCUT2D eigenvalue weighted by Crippen LogP contribution is 2.31. The van der Waals surface area contributed by atoms with E-state index in [1.807, 2.05) is 0 Å². The Labute approximate surface area is 127 Å². The summed E-state index contributed by atoms with van der Waals surface area (Å²) in [6, 6.07) is 12.7. The van der Waals surface area contributed by atoms with E-state index in [0.717, 1.165) is 5.56 Å². The molecule has 2 aromatic carbocycles. The largest absolute Gasteiger partial charge is 0.496 e. The molecule has 0 unspecified atom stereocenters. The summed E-state index contributed by atoms with van der Waals surface area (Å²) in [7, 11) is 1.59. The minimum atomic E-state index is 0.460. The lowest BCUT2D eigenvalue weighted by molar-refractivity contribution is 0.410. The molecule has 0 fully saturated rings. The van der Waals surface area contributed by atoms with E-state index >= 15 is 0 Å². The fourth-order valence-electron chi connectivity index (χ4n) is 1.84. The van der Waals surface area contributed by atoms with Crippen LogP contribution in [-0.4, -0.2) is 7.11 Å². The summed E-state index contributed by atoms with van der Waals surface area (Å²) in [6.45, 7) is 0.460. The monoisotopic (exact) mass is 306 g/mol. The molecule has 2 rings (SSSR count). The van der Waals surface area contributed by atoms with Crippen LogP contribution in [0.1, 0.15) is 11.1 Å². The molecule has 0 amide bonds. The lowest BCUT2D eigenvalue weighted by Crippen LogP contribution is -2.03. The van der Waals surface area contributed by atoms with Gasteiger partial charge in [0.2, 0.25) is 0 Å². The van der Waals surface area contributed by atoms with Crippen molar-refractivity contribution >= 4 is 28.9 Å².